The lowest BCUT2D eigenvalue weighted by Crippen LogP contribution is -2.44. The minimum atomic E-state index is -0.871. The Morgan fingerprint density at radius 1 is 1.12 bits per heavy atom. The molecule has 0 bridgehead atoms. The van der Waals surface area contributed by atoms with Crippen LogP contribution in [0.3, 0.4) is 0 Å². The molecule has 0 radical (unpaired) electrons. The van der Waals surface area contributed by atoms with Crippen molar-refractivity contribution in [3.63, 3.8) is 0 Å². The Hall–Kier alpha value is -2.89. The van der Waals surface area contributed by atoms with E-state index in [1.54, 1.807) is 12.4 Å². The van der Waals surface area contributed by atoms with E-state index in [-0.39, 0.29) is 24.5 Å². The summed E-state index contributed by atoms with van der Waals surface area (Å²) in [5.41, 5.74) is 1.96. The fourth-order valence-corrected chi connectivity index (χ4v) is 2.56. The van der Waals surface area contributed by atoms with Gasteiger partial charge in [0.25, 0.3) is 0 Å². The molecule has 2 unspecified atom stereocenters. The number of benzene rings is 1. The number of aromatic nitrogens is 1. The van der Waals surface area contributed by atoms with E-state index < -0.39 is 5.97 Å². The first-order chi connectivity index (χ1) is 12.0. The Morgan fingerprint density at radius 2 is 1.88 bits per heavy atom. The van der Waals surface area contributed by atoms with Crippen molar-refractivity contribution < 1.29 is 14.7 Å². The lowest BCUT2D eigenvalue weighted by molar-refractivity contribution is -0.137. The van der Waals surface area contributed by atoms with Crippen LogP contribution in [0, 0.1) is 0 Å². The Labute approximate surface area is 147 Å². The van der Waals surface area contributed by atoms with Crippen LogP contribution in [0.2, 0.25) is 0 Å². The summed E-state index contributed by atoms with van der Waals surface area (Å²) in [6.45, 7) is 1.88. The van der Waals surface area contributed by atoms with Crippen molar-refractivity contribution in [3.05, 3.63) is 66.0 Å². The number of urea groups is 1. The van der Waals surface area contributed by atoms with Gasteiger partial charge in [0.15, 0.2) is 0 Å². The first kappa shape index (κ1) is 18.4. The number of carbonyl (C=O) groups excluding carboxylic acids is 1. The van der Waals surface area contributed by atoms with E-state index in [4.69, 9.17) is 5.11 Å². The van der Waals surface area contributed by atoms with Crippen LogP contribution >= 0.6 is 0 Å². The van der Waals surface area contributed by atoms with Crippen molar-refractivity contribution in [1.29, 1.82) is 0 Å². The molecule has 25 heavy (non-hydrogen) atoms. The maximum atomic E-state index is 12.3. The molecule has 0 fully saturated rings. The van der Waals surface area contributed by atoms with Gasteiger partial charge in [-0.05, 0) is 37.0 Å². The highest BCUT2D eigenvalue weighted by atomic mass is 16.4. The largest absolute Gasteiger partial charge is 0.481 e. The average Bonchev–Trinajstić information content (AvgIpc) is 2.61. The molecular weight excluding hydrogens is 318 g/mol. The summed E-state index contributed by atoms with van der Waals surface area (Å²) in [7, 11) is 0. The molecule has 2 aromatic rings. The third-order valence-electron chi connectivity index (χ3n) is 3.90. The second-order valence-electron chi connectivity index (χ2n) is 5.94. The highest BCUT2D eigenvalue weighted by Crippen LogP contribution is 2.11. The van der Waals surface area contributed by atoms with Crippen LogP contribution in [0.1, 0.15) is 36.9 Å². The number of nitrogens with one attached hydrogen (secondary N) is 2. The highest BCUT2D eigenvalue weighted by Gasteiger charge is 2.16. The molecular formula is C19H23N3O3. The van der Waals surface area contributed by atoms with Gasteiger partial charge in [-0.2, -0.15) is 0 Å². The van der Waals surface area contributed by atoms with Gasteiger partial charge in [0, 0.05) is 24.9 Å². The molecule has 2 atom stereocenters. The Bertz CT molecular complexity index is 677. The molecule has 0 spiro atoms. The second kappa shape index (κ2) is 9.42. The summed E-state index contributed by atoms with van der Waals surface area (Å²) >= 11 is 0. The molecule has 0 aliphatic carbocycles. The normalized spacial score (nSPS) is 12.8. The zero-order chi connectivity index (χ0) is 18.1. The number of rotatable bonds is 8. The molecule has 6 heteroatoms. The maximum Gasteiger partial charge on any atom is 0.315 e. The zero-order valence-corrected chi connectivity index (χ0v) is 14.2. The molecule has 0 saturated heterocycles. The summed E-state index contributed by atoms with van der Waals surface area (Å²) < 4.78 is 0. The lowest BCUT2D eigenvalue weighted by Gasteiger charge is -2.21. The van der Waals surface area contributed by atoms with Crippen LogP contribution in [0.15, 0.2) is 54.9 Å². The quantitative estimate of drug-likeness (QED) is 0.688. The number of hydrogen-bond acceptors (Lipinski definition) is 3. The monoisotopic (exact) mass is 341 g/mol. The van der Waals surface area contributed by atoms with Gasteiger partial charge in [0.1, 0.15) is 0 Å². The van der Waals surface area contributed by atoms with Gasteiger partial charge in [-0.3, -0.25) is 9.78 Å². The number of hydrogen-bond donors (Lipinski definition) is 3. The first-order valence-electron chi connectivity index (χ1n) is 8.27. The van der Waals surface area contributed by atoms with Crippen molar-refractivity contribution in [2.75, 3.05) is 0 Å². The molecule has 0 aliphatic heterocycles. The topological polar surface area (TPSA) is 91.3 Å². The summed E-state index contributed by atoms with van der Waals surface area (Å²) in [5.74, 6) is -0.871. The molecule has 1 aromatic carbocycles. The maximum absolute atomic E-state index is 12.3. The molecule has 2 amide bonds. The van der Waals surface area contributed by atoms with E-state index in [0.717, 1.165) is 11.1 Å². The third-order valence-corrected chi connectivity index (χ3v) is 3.90. The predicted octanol–water partition coefficient (Wildman–Crippen LogP) is 2.92. The molecule has 1 aromatic heterocycles. The minimum absolute atomic E-state index is 0.00986. The highest BCUT2D eigenvalue weighted by molar-refractivity contribution is 5.75. The van der Waals surface area contributed by atoms with E-state index in [0.29, 0.717) is 12.8 Å². The first-order valence-corrected chi connectivity index (χ1v) is 8.27. The van der Waals surface area contributed by atoms with Crippen molar-refractivity contribution in [1.82, 2.24) is 15.6 Å². The minimum Gasteiger partial charge on any atom is -0.481 e. The summed E-state index contributed by atoms with van der Waals surface area (Å²) in [4.78, 5) is 27.2. The van der Waals surface area contributed by atoms with Crippen LogP contribution < -0.4 is 10.6 Å². The number of nitrogens with zero attached hydrogens (tertiary/aromatic N) is 1. The SMILES string of the molecule is CC(NC(=O)NC(CCC(=O)O)Cc1ccccc1)c1cccnc1. The van der Waals surface area contributed by atoms with E-state index in [1.165, 1.54) is 0 Å². The Balaban J connectivity index is 1.94. The summed E-state index contributed by atoms with van der Waals surface area (Å²) in [6, 6.07) is 12.7. The van der Waals surface area contributed by atoms with Crippen molar-refractivity contribution >= 4 is 12.0 Å². The smallest absolute Gasteiger partial charge is 0.315 e. The Kier molecular flexibility index (Phi) is 6.95. The van der Waals surface area contributed by atoms with Gasteiger partial charge in [-0.15, -0.1) is 0 Å². The van der Waals surface area contributed by atoms with E-state index in [2.05, 4.69) is 15.6 Å². The van der Waals surface area contributed by atoms with Gasteiger partial charge in [-0.25, -0.2) is 4.79 Å². The number of pyridine rings is 1. The van der Waals surface area contributed by atoms with Gasteiger partial charge >= 0.3 is 12.0 Å². The van der Waals surface area contributed by atoms with Gasteiger partial charge in [-0.1, -0.05) is 36.4 Å². The fourth-order valence-electron chi connectivity index (χ4n) is 2.56. The lowest BCUT2D eigenvalue weighted by atomic mass is 10.0. The number of carboxylic acid groups (broad SMARTS) is 1. The van der Waals surface area contributed by atoms with E-state index in [9.17, 15) is 9.59 Å². The van der Waals surface area contributed by atoms with Crippen LogP contribution in [0.25, 0.3) is 0 Å². The molecule has 6 nitrogen and oxygen atoms in total. The number of amides is 2. The van der Waals surface area contributed by atoms with Gasteiger partial charge in [0.2, 0.25) is 0 Å². The van der Waals surface area contributed by atoms with Crippen molar-refractivity contribution in [2.24, 2.45) is 0 Å². The average molecular weight is 341 g/mol. The number of aliphatic carboxylic acids is 1. The molecule has 3 N–H and O–H groups in total. The molecule has 0 aliphatic rings. The summed E-state index contributed by atoms with van der Waals surface area (Å²) in [5, 5.41) is 14.7. The number of carbonyl (C=O) groups is 2. The zero-order valence-electron chi connectivity index (χ0n) is 14.2. The molecule has 1 heterocycles. The van der Waals surface area contributed by atoms with E-state index in [1.807, 2.05) is 49.4 Å². The molecule has 132 valence electrons. The standard InChI is InChI=1S/C19H23N3O3/c1-14(16-8-5-11-20-13-16)21-19(25)22-17(9-10-18(23)24)12-15-6-3-2-4-7-15/h2-8,11,13-14,17H,9-10,12H2,1H3,(H,23,24)(H2,21,22,25). The predicted molar refractivity (Wildman–Crippen MR) is 95.1 cm³/mol. The fraction of sp³-hybridized carbons (Fsp3) is 0.316. The van der Waals surface area contributed by atoms with E-state index >= 15 is 0 Å². The summed E-state index contributed by atoms with van der Waals surface area (Å²) in [6.07, 6.45) is 4.35. The van der Waals surface area contributed by atoms with Crippen LogP contribution in [-0.4, -0.2) is 28.1 Å². The van der Waals surface area contributed by atoms with Crippen molar-refractivity contribution in [3.8, 4) is 0 Å². The van der Waals surface area contributed by atoms with Crippen LogP contribution in [-0.2, 0) is 11.2 Å². The second-order valence-corrected chi connectivity index (χ2v) is 5.94. The third kappa shape index (κ3) is 6.63. The van der Waals surface area contributed by atoms with Gasteiger partial charge < -0.3 is 15.7 Å². The van der Waals surface area contributed by atoms with Crippen LogP contribution in [0.5, 0.6) is 0 Å². The molecule has 0 saturated carbocycles. The molecule has 2 rings (SSSR count). The van der Waals surface area contributed by atoms with Gasteiger partial charge in [0.05, 0.1) is 6.04 Å². The number of carboxylic acids is 1. The van der Waals surface area contributed by atoms with Crippen molar-refractivity contribution in [2.45, 2.75) is 38.3 Å². The Morgan fingerprint density at radius 3 is 2.52 bits per heavy atom. The van der Waals surface area contributed by atoms with Crippen LogP contribution in [0.4, 0.5) is 4.79 Å².